The monoisotopic (exact) mass is 368 g/mol. The van der Waals surface area contributed by atoms with Crippen molar-refractivity contribution in [3.8, 4) is 0 Å². The molecule has 3 atom stereocenters. The van der Waals surface area contributed by atoms with Gasteiger partial charge in [0, 0.05) is 51.8 Å². The van der Waals surface area contributed by atoms with Crippen molar-refractivity contribution in [2.24, 2.45) is 11.8 Å². The number of fused-ring (bicyclic) bond motifs is 1. The van der Waals surface area contributed by atoms with E-state index in [2.05, 4.69) is 28.9 Å². The van der Waals surface area contributed by atoms with Crippen molar-refractivity contribution in [3.05, 3.63) is 59.7 Å². The Bertz CT molecular complexity index is 856. The van der Waals surface area contributed by atoms with E-state index in [1.807, 2.05) is 17.0 Å². The van der Waals surface area contributed by atoms with Gasteiger partial charge in [0.15, 0.2) is 5.82 Å². The predicted molar refractivity (Wildman–Crippen MR) is 103 cm³/mol. The highest BCUT2D eigenvalue weighted by atomic mass is 19.1. The van der Waals surface area contributed by atoms with Crippen molar-refractivity contribution in [2.45, 2.75) is 13.0 Å². The topological polar surface area (TPSA) is 39.7 Å². The Hall–Kier alpha value is -2.63. The maximum Gasteiger partial charge on any atom is 0.320 e. The molecule has 2 amide bonds. The molecule has 0 bridgehead atoms. The fourth-order valence-corrected chi connectivity index (χ4v) is 4.64. The lowest BCUT2D eigenvalue weighted by Crippen LogP contribution is -2.41. The number of anilines is 1. The number of aromatic nitrogens is 1. The first-order chi connectivity index (χ1) is 13.0. The number of hydrogen-bond donors (Lipinski definition) is 0. The number of rotatable bonds is 2. The molecule has 142 valence electrons. The molecule has 2 aliphatic rings. The van der Waals surface area contributed by atoms with Crippen LogP contribution in [0.4, 0.5) is 14.9 Å². The molecule has 5 nitrogen and oxygen atoms in total. The number of halogens is 1. The maximum atomic E-state index is 14.2. The minimum absolute atomic E-state index is 0.0148. The molecule has 2 fully saturated rings. The van der Waals surface area contributed by atoms with E-state index in [-0.39, 0.29) is 23.8 Å². The van der Waals surface area contributed by atoms with E-state index in [0.29, 0.717) is 18.2 Å². The van der Waals surface area contributed by atoms with Gasteiger partial charge >= 0.3 is 6.03 Å². The van der Waals surface area contributed by atoms with Gasteiger partial charge in [-0.2, -0.15) is 0 Å². The van der Waals surface area contributed by atoms with Crippen LogP contribution in [0.25, 0.3) is 0 Å². The lowest BCUT2D eigenvalue weighted by atomic mass is 9.88. The summed E-state index contributed by atoms with van der Waals surface area (Å²) in [5, 5.41) is 0. The molecule has 1 aromatic heterocycles. The molecular formula is C21H25FN4O. The van der Waals surface area contributed by atoms with Crippen LogP contribution in [0, 0.1) is 24.6 Å². The number of amides is 2. The van der Waals surface area contributed by atoms with Gasteiger partial charge in [0.1, 0.15) is 0 Å². The number of pyridine rings is 1. The zero-order chi connectivity index (χ0) is 19.1. The minimum atomic E-state index is -0.286. The third-order valence-corrected chi connectivity index (χ3v) is 5.89. The van der Waals surface area contributed by atoms with E-state index >= 15 is 0 Å². The van der Waals surface area contributed by atoms with Crippen LogP contribution in [-0.4, -0.2) is 54.5 Å². The van der Waals surface area contributed by atoms with E-state index in [4.69, 9.17) is 0 Å². The SMILES string of the molecule is Cc1ccccc1[C@H]1[C@@H]2CN(c3ccncc3F)C[C@@H]2CN1C(=O)N(C)C. The minimum Gasteiger partial charge on any atom is -0.368 e. The van der Waals surface area contributed by atoms with Gasteiger partial charge in [-0.15, -0.1) is 0 Å². The second-order valence-corrected chi connectivity index (χ2v) is 7.79. The number of carbonyl (C=O) groups excluding carboxylic acids is 1. The molecule has 0 unspecified atom stereocenters. The van der Waals surface area contributed by atoms with Crippen molar-refractivity contribution in [2.75, 3.05) is 38.6 Å². The predicted octanol–water partition coefficient (Wildman–Crippen LogP) is 3.32. The van der Waals surface area contributed by atoms with E-state index in [1.54, 1.807) is 31.3 Å². The summed E-state index contributed by atoms with van der Waals surface area (Å²) < 4.78 is 14.2. The van der Waals surface area contributed by atoms with Crippen LogP contribution in [0.3, 0.4) is 0 Å². The molecule has 0 N–H and O–H groups in total. The van der Waals surface area contributed by atoms with Gasteiger partial charge in [0.05, 0.1) is 17.9 Å². The second kappa shape index (κ2) is 6.83. The van der Waals surface area contributed by atoms with Crippen LogP contribution in [0.5, 0.6) is 0 Å². The number of benzene rings is 1. The summed E-state index contributed by atoms with van der Waals surface area (Å²) in [5.41, 5.74) is 2.99. The molecular weight excluding hydrogens is 343 g/mol. The van der Waals surface area contributed by atoms with Gasteiger partial charge in [-0.3, -0.25) is 4.98 Å². The molecule has 6 heteroatoms. The molecule has 3 heterocycles. The van der Waals surface area contributed by atoms with Crippen LogP contribution in [0.15, 0.2) is 42.7 Å². The second-order valence-electron chi connectivity index (χ2n) is 7.79. The summed E-state index contributed by atoms with van der Waals surface area (Å²) in [6.07, 6.45) is 2.90. The molecule has 2 aromatic rings. The van der Waals surface area contributed by atoms with Gasteiger partial charge in [0.2, 0.25) is 0 Å². The van der Waals surface area contributed by atoms with E-state index in [1.165, 1.54) is 17.3 Å². The van der Waals surface area contributed by atoms with Gasteiger partial charge in [-0.1, -0.05) is 24.3 Å². The summed E-state index contributed by atoms with van der Waals surface area (Å²) in [7, 11) is 3.59. The molecule has 27 heavy (non-hydrogen) atoms. The fourth-order valence-electron chi connectivity index (χ4n) is 4.64. The highest BCUT2D eigenvalue weighted by Gasteiger charge is 2.50. The molecule has 0 spiro atoms. The van der Waals surface area contributed by atoms with E-state index < -0.39 is 0 Å². The average Bonchev–Trinajstić information content (AvgIpc) is 3.20. The number of aryl methyl sites for hydroxylation is 1. The van der Waals surface area contributed by atoms with Crippen LogP contribution in [0.2, 0.25) is 0 Å². The van der Waals surface area contributed by atoms with Gasteiger partial charge < -0.3 is 14.7 Å². The van der Waals surface area contributed by atoms with Crippen molar-refractivity contribution < 1.29 is 9.18 Å². The highest BCUT2D eigenvalue weighted by molar-refractivity contribution is 5.75. The summed E-state index contributed by atoms with van der Waals surface area (Å²) in [6.45, 7) is 4.28. The highest BCUT2D eigenvalue weighted by Crippen LogP contribution is 2.47. The Kier molecular flexibility index (Phi) is 4.50. The van der Waals surface area contributed by atoms with Crippen LogP contribution in [0.1, 0.15) is 17.2 Å². The first-order valence-corrected chi connectivity index (χ1v) is 9.35. The van der Waals surface area contributed by atoms with E-state index in [9.17, 15) is 9.18 Å². The Morgan fingerprint density at radius 2 is 1.96 bits per heavy atom. The van der Waals surface area contributed by atoms with Gasteiger partial charge in [-0.05, 0) is 24.1 Å². The molecule has 0 saturated carbocycles. The van der Waals surface area contributed by atoms with Crippen LogP contribution in [-0.2, 0) is 0 Å². The zero-order valence-corrected chi connectivity index (χ0v) is 16.0. The summed E-state index contributed by atoms with van der Waals surface area (Å²) in [5.74, 6) is 0.319. The fraction of sp³-hybridized carbons (Fsp3) is 0.429. The van der Waals surface area contributed by atoms with Crippen molar-refractivity contribution in [1.82, 2.24) is 14.8 Å². The normalized spacial score (nSPS) is 24.2. The summed E-state index contributed by atoms with van der Waals surface area (Å²) in [4.78, 5) is 22.5. The number of urea groups is 1. The molecule has 0 radical (unpaired) electrons. The van der Waals surface area contributed by atoms with Gasteiger partial charge in [0.25, 0.3) is 0 Å². The first kappa shape index (κ1) is 17.8. The lowest BCUT2D eigenvalue weighted by molar-refractivity contribution is 0.159. The third-order valence-electron chi connectivity index (χ3n) is 5.89. The van der Waals surface area contributed by atoms with E-state index in [0.717, 1.165) is 13.1 Å². The zero-order valence-electron chi connectivity index (χ0n) is 16.0. The number of carbonyl (C=O) groups is 1. The maximum absolute atomic E-state index is 14.2. The van der Waals surface area contributed by atoms with Crippen LogP contribution >= 0.6 is 0 Å². The lowest BCUT2D eigenvalue weighted by Gasteiger charge is -2.33. The Labute approximate surface area is 159 Å². The van der Waals surface area contributed by atoms with Crippen LogP contribution < -0.4 is 4.90 Å². The van der Waals surface area contributed by atoms with Crippen molar-refractivity contribution >= 4 is 11.7 Å². The first-order valence-electron chi connectivity index (χ1n) is 9.35. The number of nitrogens with zero attached hydrogens (tertiary/aromatic N) is 4. The van der Waals surface area contributed by atoms with Crippen molar-refractivity contribution in [1.29, 1.82) is 0 Å². The molecule has 1 aromatic carbocycles. The van der Waals surface area contributed by atoms with Crippen molar-refractivity contribution in [3.63, 3.8) is 0 Å². The Morgan fingerprint density at radius 1 is 1.19 bits per heavy atom. The number of hydrogen-bond acceptors (Lipinski definition) is 3. The Balaban J connectivity index is 1.68. The number of likely N-dealkylation sites (tertiary alicyclic amines) is 1. The average molecular weight is 368 g/mol. The smallest absolute Gasteiger partial charge is 0.320 e. The molecule has 4 rings (SSSR count). The quantitative estimate of drug-likeness (QED) is 0.816. The molecule has 2 saturated heterocycles. The Morgan fingerprint density at radius 3 is 2.67 bits per heavy atom. The van der Waals surface area contributed by atoms with Gasteiger partial charge in [-0.25, -0.2) is 9.18 Å². The molecule has 2 aliphatic heterocycles. The summed E-state index contributed by atoms with van der Waals surface area (Å²) in [6, 6.07) is 10.1. The molecule has 0 aliphatic carbocycles. The summed E-state index contributed by atoms with van der Waals surface area (Å²) >= 11 is 0. The largest absolute Gasteiger partial charge is 0.368 e. The standard InChI is InChI=1S/C21H25FN4O/c1-14-6-4-5-7-16(14)20-17-13-25(19-8-9-23-10-18(19)22)11-15(17)12-26(20)21(27)24(2)3/h4-10,15,17,20H,11-13H2,1-3H3/t15-,17-,20+/m1/s1. The third kappa shape index (κ3) is 3.03.